The summed E-state index contributed by atoms with van der Waals surface area (Å²) in [4.78, 5) is 14.5. The Hall–Kier alpha value is -0.590. The first-order chi connectivity index (χ1) is 6.25. The van der Waals surface area contributed by atoms with Gasteiger partial charge in [0.1, 0.15) is 5.84 Å². The Morgan fingerprint density at radius 2 is 2.46 bits per heavy atom. The molecule has 72 valence electrons. The summed E-state index contributed by atoms with van der Waals surface area (Å²) in [5.41, 5.74) is 0. The van der Waals surface area contributed by atoms with E-state index in [4.69, 9.17) is 4.74 Å². The van der Waals surface area contributed by atoms with Crippen molar-refractivity contribution in [1.82, 2.24) is 5.32 Å². The third-order valence-electron chi connectivity index (χ3n) is 1.96. The van der Waals surface area contributed by atoms with Gasteiger partial charge in [0.15, 0.2) is 0 Å². The van der Waals surface area contributed by atoms with Crippen LogP contribution < -0.4 is 5.32 Å². The van der Waals surface area contributed by atoms with Crippen molar-refractivity contribution >= 4 is 22.8 Å². The predicted molar refractivity (Wildman–Crippen MR) is 49.0 cm³/mol. The van der Waals surface area contributed by atoms with Gasteiger partial charge in [0.05, 0.1) is 31.1 Å². The molecule has 2 rings (SSSR count). The highest BCUT2D eigenvalue weighted by atomic mass is 32.2. The van der Waals surface area contributed by atoms with E-state index in [2.05, 4.69) is 10.3 Å². The fourth-order valence-corrected chi connectivity index (χ4v) is 1.86. The van der Waals surface area contributed by atoms with Crippen LogP contribution in [0.2, 0.25) is 0 Å². The number of carbonyl (C=O) groups is 1. The van der Waals surface area contributed by atoms with Crippen LogP contribution in [-0.4, -0.2) is 47.3 Å². The molecule has 0 bridgehead atoms. The van der Waals surface area contributed by atoms with Crippen LogP contribution in [0.25, 0.3) is 0 Å². The highest BCUT2D eigenvalue weighted by Gasteiger charge is 2.28. The molecular formula is C7H10N2O3S. The van der Waals surface area contributed by atoms with Gasteiger partial charge in [0.2, 0.25) is 0 Å². The van der Waals surface area contributed by atoms with Crippen LogP contribution in [0.15, 0.2) is 4.99 Å². The molecule has 2 unspecified atom stereocenters. The molecule has 6 heteroatoms. The zero-order valence-corrected chi connectivity index (χ0v) is 7.71. The SMILES string of the molecule is O=C1N=C(NC2COCC2O)CS1. The van der Waals surface area contributed by atoms with E-state index in [-0.39, 0.29) is 11.3 Å². The lowest BCUT2D eigenvalue weighted by molar-refractivity contribution is 0.124. The van der Waals surface area contributed by atoms with Crippen LogP contribution in [0.5, 0.6) is 0 Å². The average Bonchev–Trinajstić information content (AvgIpc) is 2.64. The number of nitrogens with zero attached hydrogens (tertiary/aromatic N) is 1. The molecule has 2 heterocycles. The van der Waals surface area contributed by atoms with E-state index < -0.39 is 6.10 Å². The second-order valence-corrected chi connectivity index (χ2v) is 3.90. The second-order valence-electron chi connectivity index (χ2n) is 2.97. The van der Waals surface area contributed by atoms with E-state index in [0.717, 1.165) is 11.8 Å². The molecule has 5 nitrogen and oxygen atoms in total. The number of amides is 1. The fraction of sp³-hybridized carbons (Fsp3) is 0.714. The summed E-state index contributed by atoms with van der Waals surface area (Å²) >= 11 is 1.16. The summed E-state index contributed by atoms with van der Waals surface area (Å²) in [6, 6.07) is -0.120. The van der Waals surface area contributed by atoms with Crippen molar-refractivity contribution in [2.24, 2.45) is 4.99 Å². The number of thioether (sulfide) groups is 1. The molecule has 0 aromatic heterocycles. The van der Waals surface area contributed by atoms with Gasteiger partial charge in [-0.1, -0.05) is 11.8 Å². The Morgan fingerprint density at radius 3 is 3.00 bits per heavy atom. The number of carbonyl (C=O) groups excluding carboxylic acids is 1. The van der Waals surface area contributed by atoms with Gasteiger partial charge >= 0.3 is 5.24 Å². The maximum absolute atomic E-state index is 10.8. The van der Waals surface area contributed by atoms with Crippen LogP contribution in [-0.2, 0) is 4.74 Å². The summed E-state index contributed by atoms with van der Waals surface area (Å²) in [6.07, 6.45) is -0.497. The highest BCUT2D eigenvalue weighted by molar-refractivity contribution is 8.14. The average molecular weight is 202 g/mol. The standard InChI is InChI=1S/C7H10N2O3S/c10-5-2-12-1-4(5)8-6-3-13-7(11)9-6/h4-5,10H,1-3H2,(H,8,9,11). The lowest BCUT2D eigenvalue weighted by Gasteiger charge is -2.14. The molecule has 0 aliphatic carbocycles. The maximum atomic E-state index is 10.8. The predicted octanol–water partition coefficient (Wildman–Crippen LogP) is -0.399. The number of hydrogen-bond donors (Lipinski definition) is 2. The fourth-order valence-electron chi connectivity index (χ4n) is 1.27. The summed E-state index contributed by atoms with van der Waals surface area (Å²) in [5.74, 6) is 1.21. The maximum Gasteiger partial charge on any atom is 0.306 e. The number of hydrogen-bond acceptors (Lipinski definition) is 5. The van der Waals surface area contributed by atoms with E-state index in [1.165, 1.54) is 0 Å². The Kier molecular flexibility index (Phi) is 2.52. The lowest BCUT2D eigenvalue weighted by atomic mass is 10.2. The van der Waals surface area contributed by atoms with Gasteiger partial charge in [-0.15, -0.1) is 0 Å². The van der Waals surface area contributed by atoms with Crippen molar-refractivity contribution in [3.8, 4) is 0 Å². The van der Waals surface area contributed by atoms with Crippen LogP contribution >= 0.6 is 11.8 Å². The molecule has 0 aromatic rings. The van der Waals surface area contributed by atoms with E-state index in [0.29, 0.717) is 24.8 Å². The molecule has 0 radical (unpaired) electrons. The number of aliphatic hydroxyl groups is 1. The van der Waals surface area contributed by atoms with Gasteiger partial charge in [0, 0.05) is 0 Å². The first kappa shape index (κ1) is 8.98. The van der Waals surface area contributed by atoms with Gasteiger partial charge in [-0.2, -0.15) is 4.99 Å². The number of amidine groups is 1. The molecule has 2 aliphatic rings. The Labute approximate surface area is 79.6 Å². The molecule has 13 heavy (non-hydrogen) atoms. The zero-order valence-electron chi connectivity index (χ0n) is 6.90. The van der Waals surface area contributed by atoms with Crippen molar-refractivity contribution in [3.05, 3.63) is 0 Å². The molecule has 0 aromatic carbocycles. The molecule has 1 saturated heterocycles. The molecule has 0 spiro atoms. The minimum Gasteiger partial charge on any atom is -0.388 e. The smallest absolute Gasteiger partial charge is 0.306 e. The largest absolute Gasteiger partial charge is 0.388 e. The summed E-state index contributed by atoms with van der Waals surface area (Å²) in [5, 5.41) is 12.2. The first-order valence-electron chi connectivity index (χ1n) is 4.02. The van der Waals surface area contributed by atoms with E-state index in [9.17, 15) is 9.90 Å². The molecule has 1 fully saturated rings. The normalized spacial score (nSPS) is 33.6. The van der Waals surface area contributed by atoms with Gasteiger partial charge in [-0.3, -0.25) is 4.79 Å². The van der Waals surface area contributed by atoms with Crippen molar-refractivity contribution in [2.45, 2.75) is 12.1 Å². The van der Waals surface area contributed by atoms with Gasteiger partial charge < -0.3 is 15.2 Å². The van der Waals surface area contributed by atoms with Crippen molar-refractivity contribution in [1.29, 1.82) is 0 Å². The topological polar surface area (TPSA) is 70.9 Å². The van der Waals surface area contributed by atoms with Crippen LogP contribution in [0.4, 0.5) is 4.79 Å². The van der Waals surface area contributed by atoms with Crippen LogP contribution in [0.3, 0.4) is 0 Å². The van der Waals surface area contributed by atoms with Crippen LogP contribution in [0.1, 0.15) is 0 Å². The number of aliphatic hydroxyl groups excluding tert-OH is 1. The second kappa shape index (κ2) is 3.65. The monoisotopic (exact) mass is 202 g/mol. The third kappa shape index (κ3) is 2.01. The van der Waals surface area contributed by atoms with Gasteiger partial charge in [-0.05, 0) is 0 Å². The molecule has 2 aliphatic heterocycles. The van der Waals surface area contributed by atoms with E-state index >= 15 is 0 Å². The minimum atomic E-state index is -0.497. The number of aliphatic imine (C=N–C) groups is 1. The quantitative estimate of drug-likeness (QED) is 0.605. The minimum absolute atomic E-state index is 0.120. The Bertz CT molecular complexity index is 256. The molecular weight excluding hydrogens is 192 g/mol. The summed E-state index contributed by atoms with van der Waals surface area (Å²) < 4.78 is 5.05. The molecule has 2 N–H and O–H groups in total. The number of ether oxygens (including phenoxy) is 1. The lowest BCUT2D eigenvalue weighted by Crippen LogP contribution is -2.42. The summed E-state index contributed by atoms with van der Waals surface area (Å²) in [7, 11) is 0. The molecule has 1 amide bonds. The van der Waals surface area contributed by atoms with Gasteiger partial charge in [0.25, 0.3) is 0 Å². The van der Waals surface area contributed by atoms with Gasteiger partial charge in [-0.25, -0.2) is 0 Å². The Balaban J connectivity index is 1.90. The van der Waals surface area contributed by atoms with Crippen LogP contribution in [0, 0.1) is 0 Å². The molecule has 2 atom stereocenters. The van der Waals surface area contributed by atoms with Crippen molar-refractivity contribution in [3.63, 3.8) is 0 Å². The molecule has 0 saturated carbocycles. The summed E-state index contributed by atoms with van der Waals surface area (Å²) in [6.45, 7) is 0.824. The number of rotatable bonds is 1. The first-order valence-corrected chi connectivity index (χ1v) is 5.01. The van der Waals surface area contributed by atoms with Crippen molar-refractivity contribution < 1.29 is 14.6 Å². The zero-order chi connectivity index (χ0) is 9.26. The van der Waals surface area contributed by atoms with E-state index in [1.54, 1.807) is 0 Å². The Morgan fingerprint density at radius 1 is 1.62 bits per heavy atom. The number of nitrogens with one attached hydrogen (secondary N) is 1. The van der Waals surface area contributed by atoms with E-state index in [1.807, 2.05) is 0 Å². The van der Waals surface area contributed by atoms with Crippen molar-refractivity contribution in [2.75, 3.05) is 19.0 Å². The highest BCUT2D eigenvalue weighted by Crippen LogP contribution is 2.14. The third-order valence-corrected chi connectivity index (χ3v) is 2.72.